The average Bonchev–Trinajstić information content (AvgIpc) is 3.02. The fraction of sp³-hybridized carbons (Fsp3) is 0.481. The molecule has 0 amide bonds. The first kappa shape index (κ1) is 25.9. The molecule has 3 aromatic rings. The van der Waals surface area contributed by atoms with E-state index >= 15 is 0 Å². The van der Waals surface area contributed by atoms with Crippen molar-refractivity contribution in [3.05, 3.63) is 47.5 Å². The molecular weight excluding hydrogens is 471 g/mol. The van der Waals surface area contributed by atoms with Crippen LogP contribution in [0.2, 0.25) is 0 Å². The van der Waals surface area contributed by atoms with E-state index < -0.39 is 12.3 Å². The highest BCUT2D eigenvalue weighted by Gasteiger charge is 2.40. The van der Waals surface area contributed by atoms with Gasteiger partial charge in [0.2, 0.25) is 5.95 Å². The third-order valence-corrected chi connectivity index (χ3v) is 6.73. The molecule has 1 saturated carbocycles. The van der Waals surface area contributed by atoms with Crippen molar-refractivity contribution in [3.63, 3.8) is 0 Å². The van der Waals surface area contributed by atoms with Gasteiger partial charge in [0.15, 0.2) is 0 Å². The van der Waals surface area contributed by atoms with Gasteiger partial charge in [0.05, 0.1) is 17.5 Å². The maximum Gasteiger partial charge on any atom is 0.573 e. The van der Waals surface area contributed by atoms with Gasteiger partial charge in [0, 0.05) is 11.7 Å². The van der Waals surface area contributed by atoms with Crippen LogP contribution in [-0.2, 0) is 11.2 Å². The number of nitrogens with one attached hydrogen (secondary N) is 1. The molecule has 9 heteroatoms. The summed E-state index contributed by atoms with van der Waals surface area (Å²) in [5.74, 6) is -0.640. The minimum Gasteiger partial charge on any atom is -0.481 e. The van der Waals surface area contributed by atoms with Gasteiger partial charge in [-0.25, -0.2) is 4.98 Å². The molecule has 2 aromatic carbocycles. The zero-order valence-electron chi connectivity index (χ0n) is 21.2. The number of ether oxygens (including phenoxy) is 1. The van der Waals surface area contributed by atoms with Crippen LogP contribution in [0, 0.1) is 17.8 Å². The van der Waals surface area contributed by atoms with E-state index in [-0.39, 0.29) is 29.0 Å². The zero-order chi connectivity index (χ0) is 26.5. The van der Waals surface area contributed by atoms with Crippen molar-refractivity contribution in [3.8, 4) is 5.75 Å². The summed E-state index contributed by atoms with van der Waals surface area (Å²) in [4.78, 5) is 16.2. The topological polar surface area (TPSA) is 76.4 Å². The predicted octanol–water partition coefficient (Wildman–Crippen LogP) is 7.39. The number of carboxylic acids is 1. The molecule has 1 aliphatic carbocycles. The summed E-state index contributed by atoms with van der Waals surface area (Å²) in [5, 5.41) is 12.6. The van der Waals surface area contributed by atoms with Crippen molar-refractivity contribution in [1.82, 2.24) is 9.55 Å². The van der Waals surface area contributed by atoms with Gasteiger partial charge < -0.3 is 19.7 Å². The number of aryl methyl sites for hydroxylation is 1. The summed E-state index contributed by atoms with van der Waals surface area (Å²) in [5.41, 5.74) is 3.93. The first-order valence-corrected chi connectivity index (χ1v) is 12.0. The summed E-state index contributed by atoms with van der Waals surface area (Å²) < 4.78 is 43.8. The molecule has 194 valence electrons. The maximum absolute atomic E-state index is 12.5. The second-order valence-electron chi connectivity index (χ2n) is 11.4. The van der Waals surface area contributed by atoms with E-state index in [4.69, 9.17) is 4.98 Å². The van der Waals surface area contributed by atoms with Crippen LogP contribution in [0.4, 0.5) is 24.8 Å². The van der Waals surface area contributed by atoms with Gasteiger partial charge in [0.25, 0.3) is 0 Å². The fourth-order valence-corrected chi connectivity index (χ4v) is 5.94. The normalized spacial score (nSPS) is 17.8. The van der Waals surface area contributed by atoms with E-state index in [2.05, 4.69) is 42.3 Å². The molecule has 1 heterocycles. The number of hydrogen-bond donors (Lipinski definition) is 2. The third-order valence-electron chi connectivity index (χ3n) is 6.73. The molecule has 0 spiro atoms. The van der Waals surface area contributed by atoms with Crippen LogP contribution in [-0.4, -0.2) is 27.0 Å². The van der Waals surface area contributed by atoms with Crippen molar-refractivity contribution in [2.45, 2.75) is 72.7 Å². The second kappa shape index (κ2) is 9.01. The fourth-order valence-electron chi connectivity index (χ4n) is 5.94. The highest BCUT2D eigenvalue weighted by atomic mass is 19.4. The van der Waals surface area contributed by atoms with Gasteiger partial charge in [0.1, 0.15) is 5.75 Å². The molecule has 36 heavy (non-hydrogen) atoms. The zero-order valence-corrected chi connectivity index (χ0v) is 21.2. The van der Waals surface area contributed by atoms with Gasteiger partial charge in [-0.15, -0.1) is 13.2 Å². The third kappa shape index (κ3) is 5.94. The van der Waals surface area contributed by atoms with Gasteiger partial charge >= 0.3 is 12.3 Å². The van der Waals surface area contributed by atoms with Gasteiger partial charge in [-0.3, -0.25) is 4.79 Å². The lowest BCUT2D eigenvalue weighted by atomic mass is 9.63. The Morgan fingerprint density at radius 2 is 1.75 bits per heavy atom. The molecule has 0 unspecified atom stereocenters. The van der Waals surface area contributed by atoms with Crippen molar-refractivity contribution in [1.29, 1.82) is 0 Å². The molecule has 4 rings (SSSR count). The van der Waals surface area contributed by atoms with Gasteiger partial charge in [-0.1, -0.05) is 27.7 Å². The van der Waals surface area contributed by atoms with E-state index in [0.717, 1.165) is 30.3 Å². The Hall–Kier alpha value is -3.23. The van der Waals surface area contributed by atoms with E-state index in [1.165, 1.54) is 24.3 Å². The number of anilines is 2. The molecule has 0 bridgehead atoms. The van der Waals surface area contributed by atoms with E-state index in [9.17, 15) is 23.1 Å². The predicted molar refractivity (Wildman–Crippen MR) is 133 cm³/mol. The molecule has 1 fully saturated rings. The lowest BCUT2D eigenvalue weighted by molar-refractivity contribution is -0.274. The highest BCUT2D eigenvalue weighted by molar-refractivity contribution is 5.83. The maximum atomic E-state index is 12.5. The highest BCUT2D eigenvalue weighted by Crippen LogP contribution is 2.51. The largest absolute Gasteiger partial charge is 0.573 e. The number of rotatable bonds is 6. The summed E-state index contributed by atoms with van der Waals surface area (Å²) in [6, 6.07) is 9.48. The number of aliphatic carboxylic acids is 1. The van der Waals surface area contributed by atoms with Crippen LogP contribution in [0.25, 0.3) is 11.0 Å². The molecular formula is C27H32F3N3O3. The van der Waals surface area contributed by atoms with E-state index in [0.29, 0.717) is 22.7 Å². The molecule has 0 aliphatic heterocycles. The number of hydrogen-bond acceptors (Lipinski definition) is 4. The van der Waals surface area contributed by atoms with Crippen molar-refractivity contribution < 1.29 is 27.8 Å². The Balaban J connectivity index is 1.78. The molecule has 0 radical (unpaired) electrons. The number of alkyl halides is 3. The Bertz CT molecular complexity index is 1260. The number of imidazole rings is 1. The number of aromatic nitrogens is 2. The summed E-state index contributed by atoms with van der Waals surface area (Å²) in [6.07, 6.45) is -1.89. The summed E-state index contributed by atoms with van der Waals surface area (Å²) in [7, 11) is 0. The molecule has 1 aliphatic rings. The number of halogens is 3. The first-order valence-electron chi connectivity index (χ1n) is 12.0. The monoisotopic (exact) mass is 503 g/mol. The van der Waals surface area contributed by atoms with E-state index in [1.807, 2.05) is 19.1 Å². The van der Waals surface area contributed by atoms with Gasteiger partial charge in [-0.2, -0.15) is 0 Å². The quantitative estimate of drug-likeness (QED) is 0.367. The Morgan fingerprint density at radius 1 is 1.14 bits per heavy atom. The van der Waals surface area contributed by atoms with Crippen molar-refractivity contribution >= 4 is 28.6 Å². The Kier molecular flexibility index (Phi) is 6.47. The van der Waals surface area contributed by atoms with E-state index in [1.54, 1.807) is 0 Å². The second-order valence-corrected chi connectivity index (χ2v) is 11.4. The Morgan fingerprint density at radius 3 is 2.31 bits per heavy atom. The minimum absolute atomic E-state index is 0.0957. The molecule has 0 saturated heterocycles. The van der Waals surface area contributed by atoms with Crippen LogP contribution in [0.1, 0.15) is 64.1 Å². The lowest BCUT2D eigenvalue weighted by Crippen LogP contribution is -2.35. The summed E-state index contributed by atoms with van der Waals surface area (Å²) >= 11 is 0. The molecule has 2 N–H and O–H groups in total. The number of nitrogens with zero attached hydrogens (tertiary/aromatic N) is 2. The van der Waals surface area contributed by atoms with Gasteiger partial charge in [-0.05, 0) is 84.5 Å². The first-order chi connectivity index (χ1) is 16.6. The number of carbonyl (C=O) groups is 1. The molecule has 0 atom stereocenters. The van der Waals surface area contributed by atoms with Crippen LogP contribution < -0.4 is 10.1 Å². The van der Waals surface area contributed by atoms with Crippen LogP contribution in [0.5, 0.6) is 5.75 Å². The molecule has 1 aromatic heterocycles. The number of carboxylic acid groups (broad SMARTS) is 1. The van der Waals surface area contributed by atoms with Crippen LogP contribution in [0.3, 0.4) is 0 Å². The lowest BCUT2D eigenvalue weighted by Gasteiger charge is -2.45. The Labute approximate surface area is 208 Å². The number of benzene rings is 2. The summed E-state index contributed by atoms with van der Waals surface area (Å²) in [6.45, 7) is 11.0. The minimum atomic E-state index is -4.75. The van der Waals surface area contributed by atoms with Crippen molar-refractivity contribution in [2.75, 3.05) is 5.32 Å². The standard InChI is InChI=1S/C27H32F3N3O3/c1-16-10-22-21(11-17(16)12-23(34)35)32-24(31-18-6-8-20(9-7-18)36-27(28,29)30)33(22)19-13-25(2,3)15-26(4,5)14-19/h6-11,19H,12-15H2,1-5H3,(H,31,32)(H,34,35). The van der Waals surface area contributed by atoms with Crippen molar-refractivity contribution in [2.24, 2.45) is 10.8 Å². The van der Waals surface area contributed by atoms with Crippen LogP contribution >= 0.6 is 0 Å². The number of fused-ring (bicyclic) bond motifs is 1. The molecule has 6 nitrogen and oxygen atoms in total. The smallest absolute Gasteiger partial charge is 0.481 e. The SMILES string of the molecule is Cc1cc2c(cc1CC(=O)O)nc(Nc1ccc(OC(F)(F)F)cc1)n2C1CC(C)(C)CC(C)(C)C1. The van der Waals surface area contributed by atoms with Crippen LogP contribution in [0.15, 0.2) is 36.4 Å². The average molecular weight is 504 g/mol.